The summed E-state index contributed by atoms with van der Waals surface area (Å²) in [5, 5.41) is 0.0628. The van der Waals surface area contributed by atoms with Gasteiger partial charge in [0.05, 0.1) is 5.38 Å². The predicted octanol–water partition coefficient (Wildman–Crippen LogP) is 6.26. The third-order valence-electron chi connectivity index (χ3n) is 4.63. The highest BCUT2D eigenvalue weighted by Crippen LogP contribution is 2.34. The first-order valence-electron chi connectivity index (χ1n) is 8.11. The Morgan fingerprint density at radius 2 is 1.52 bits per heavy atom. The number of benzene rings is 2. The molecule has 0 saturated heterocycles. The smallest absolute Gasteiger partial charge is 0.0625 e. The first kappa shape index (κ1) is 14.7. The summed E-state index contributed by atoms with van der Waals surface area (Å²) in [4.78, 5) is 0. The number of hydrogen-bond acceptors (Lipinski definition) is 0. The van der Waals surface area contributed by atoms with E-state index in [4.69, 9.17) is 11.6 Å². The molecule has 0 N–H and O–H groups in total. The van der Waals surface area contributed by atoms with Gasteiger partial charge in [-0.1, -0.05) is 73.9 Å². The Hall–Kier alpha value is -1.27. The van der Waals surface area contributed by atoms with Gasteiger partial charge in [0.1, 0.15) is 0 Å². The maximum atomic E-state index is 6.58. The molecular weight excluding hydrogens is 276 g/mol. The van der Waals surface area contributed by atoms with Crippen molar-refractivity contribution in [1.82, 2.24) is 0 Å². The van der Waals surface area contributed by atoms with Crippen LogP contribution < -0.4 is 0 Å². The highest BCUT2D eigenvalue weighted by atomic mass is 35.5. The first-order valence-corrected chi connectivity index (χ1v) is 8.54. The lowest BCUT2D eigenvalue weighted by Gasteiger charge is -2.22. The summed E-state index contributed by atoms with van der Waals surface area (Å²) in [6, 6.07) is 19.5. The van der Waals surface area contributed by atoms with Crippen molar-refractivity contribution in [2.45, 2.75) is 49.8 Å². The quantitative estimate of drug-likeness (QED) is 0.585. The number of hydrogen-bond donors (Lipinski definition) is 0. The van der Waals surface area contributed by atoms with Gasteiger partial charge in [0, 0.05) is 0 Å². The zero-order valence-electron chi connectivity index (χ0n) is 12.5. The zero-order chi connectivity index (χ0) is 14.5. The molecule has 0 spiro atoms. The molecule has 0 heterocycles. The van der Waals surface area contributed by atoms with E-state index in [0.717, 1.165) is 12.3 Å². The normalized spacial score (nSPS) is 17.6. The van der Waals surface area contributed by atoms with Gasteiger partial charge in [-0.05, 0) is 41.9 Å². The predicted molar refractivity (Wildman–Crippen MR) is 91.0 cm³/mol. The molecule has 1 atom stereocenters. The Bertz CT molecular complexity index is 538. The molecule has 21 heavy (non-hydrogen) atoms. The maximum Gasteiger partial charge on any atom is 0.0625 e. The Morgan fingerprint density at radius 1 is 0.857 bits per heavy atom. The van der Waals surface area contributed by atoms with Gasteiger partial charge in [-0.3, -0.25) is 0 Å². The van der Waals surface area contributed by atoms with E-state index in [2.05, 4.69) is 48.5 Å². The molecule has 1 saturated carbocycles. The van der Waals surface area contributed by atoms with Crippen LogP contribution in [-0.4, -0.2) is 0 Å². The van der Waals surface area contributed by atoms with Crippen molar-refractivity contribution < 1.29 is 0 Å². The van der Waals surface area contributed by atoms with E-state index in [0.29, 0.717) is 0 Å². The van der Waals surface area contributed by atoms with E-state index in [1.54, 1.807) is 0 Å². The van der Waals surface area contributed by atoms with Crippen LogP contribution in [0.5, 0.6) is 0 Å². The topological polar surface area (TPSA) is 0 Å². The van der Waals surface area contributed by atoms with Crippen molar-refractivity contribution in [2.75, 3.05) is 0 Å². The maximum absolute atomic E-state index is 6.58. The van der Waals surface area contributed by atoms with Gasteiger partial charge < -0.3 is 0 Å². The third-order valence-corrected chi connectivity index (χ3v) is 5.04. The monoisotopic (exact) mass is 298 g/mol. The molecule has 110 valence electrons. The standard InChI is InChI=1S/C20H23Cl/c21-20(15-16-7-3-1-4-8-16)19-13-11-18(12-14-19)17-9-5-2-6-10-17/h1,3-4,7-8,11-14,17,20H,2,5-6,9-10,15H2. The van der Waals surface area contributed by atoms with Crippen molar-refractivity contribution in [2.24, 2.45) is 0 Å². The molecule has 0 nitrogen and oxygen atoms in total. The summed E-state index contributed by atoms with van der Waals surface area (Å²) >= 11 is 6.58. The molecule has 2 aromatic rings. The van der Waals surface area contributed by atoms with Crippen LogP contribution in [0.1, 0.15) is 60.1 Å². The third kappa shape index (κ3) is 3.89. The Labute approximate surface area is 133 Å². The summed E-state index contributed by atoms with van der Waals surface area (Å²) in [6.07, 6.45) is 7.79. The summed E-state index contributed by atoms with van der Waals surface area (Å²) in [7, 11) is 0. The average molecular weight is 299 g/mol. The molecule has 1 aliphatic carbocycles. The van der Waals surface area contributed by atoms with Crippen molar-refractivity contribution in [3.8, 4) is 0 Å². The molecular formula is C20H23Cl. The van der Waals surface area contributed by atoms with E-state index in [1.165, 1.54) is 48.8 Å². The zero-order valence-corrected chi connectivity index (χ0v) is 13.2. The second-order valence-electron chi connectivity index (χ2n) is 6.16. The minimum atomic E-state index is 0.0628. The van der Waals surface area contributed by atoms with E-state index < -0.39 is 0 Å². The largest absolute Gasteiger partial charge is 0.117 e. The van der Waals surface area contributed by atoms with Crippen molar-refractivity contribution in [1.29, 1.82) is 0 Å². The van der Waals surface area contributed by atoms with Crippen LogP contribution in [0, 0.1) is 0 Å². The molecule has 2 aromatic carbocycles. The molecule has 1 heteroatoms. The fourth-order valence-corrected chi connectivity index (χ4v) is 3.68. The van der Waals surface area contributed by atoms with Crippen molar-refractivity contribution >= 4 is 11.6 Å². The van der Waals surface area contributed by atoms with E-state index >= 15 is 0 Å². The average Bonchev–Trinajstić information content (AvgIpc) is 2.57. The number of rotatable bonds is 4. The van der Waals surface area contributed by atoms with Gasteiger partial charge in [-0.2, -0.15) is 0 Å². The van der Waals surface area contributed by atoms with Gasteiger partial charge in [0.15, 0.2) is 0 Å². The van der Waals surface area contributed by atoms with Crippen LogP contribution >= 0.6 is 11.6 Å². The Kier molecular flexibility index (Phi) is 4.98. The minimum Gasteiger partial charge on any atom is -0.117 e. The minimum absolute atomic E-state index is 0.0628. The van der Waals surface area contributed by atoms with E-state index in [1.807, 2.05) is 6.07 Å². The highest BCUT2D eigenvalue weighted by molar-refractivity contribution is 6.20. The fraction of sp³-hybridized carbons (Fsp3) is 0.400. The van der Waals surface area contributed by atoms with Gasteiger partial charge in [-0.25, -0.2) is 0 Å². The van der Waals surface area contributed by atoms with Crippen LogP contribution in [0.25, 0.3) is 0 Å². The second-order valence-corrected chi connectivity index (χ2v) is 6.69. The van der Waals surface area contributed by atoms with Crippen LogP contribution in [-0.2, 0) is 6.42 Å². The van der Waals surface area contributed by atoms with Gasteiger partial charge in [-0.15, -0.1) is 11.6 Å². The molecule has 0 aliphatic heterocycles. The molecule has 1 unspecified atom stereocenters. The molecule has 3 rings (SSSR count). The summed E-state index contributed by atoms with van der Waals surface area (Å²) < 4.78 is 0. The molecule has 1 aliphatic rings. The van der Waals surface area contributed by atoms with Crippen LogP contribution in [0.15, 0.2) is 54.6 Å². The SMILES string of the molecule is ClC(Cc1ccccc1)c1ccc(C2CCCCC2)cc1. The lowest BCUT2D eigenvalue weighted by atomic mass is 9.84. The Morgan fingerprint density at radius 3 is 2.19 bits per heavy atom. The Balaban J connectivity index is 1.65. The van der Waals surface area contributed by atoms with Crippen molar-refractivity contribution in [3.05, 3.63) is 71.3 Å². The molecule has 0 bridgehead atoms. The van der Waals surface area contributed by atoms with E-state index in [9.17, 15) is 0 Å². The van der Waals surface area contributed by atoms with Crippen LogP contribution in [0.3, 0.4) is 0 Å². The van der Waals surface area contributed by atoms with Gasteiger partial charge in [0.2, 0.25) is 0 Å². The summed E-state index contributed by atoms with van der Waals surface area (Å²) in [6.45, 7) is 0. The molecule has 1 fully saturated rings. The fourth-order valence-electron chi connectivity index (χ4n) is 3.35. The van der Waals surface area contributed by atoms with Crippen molar-refractivity contribution in [3.63, 3.8) is 0 Å². The summed E-state index contributed by atoms with van der Waals surface area (Å²) in [5.41, 5.74) is 4.04. The molecule has 0 amide bonds. The molecule has 0 aromatic heterocycles. The molecule has 0 radical (unpaired) electrons. The number of halogens is 1. The van der Waals surface area contributed by atoms with E-state index in [-0.39, 0.29) is 5.38 Å². The highest BCUT2D eigenvalue weighted by Gasteiger charge is 2.16. The second kappa shape index (κ2) is 7.13. The summed E-state index contributed by atoms with van der Waals surface area (Å²) in [5.74, 6) is 0.774. The first-order chi connectivity index (χ1) is 10.3. The van der Waals surface area contributed by atoms with Crippen LogP contribution in [0.4, 0.5) is 0 Å². The van der Waals surface area contributed by atoms with Gasteiger partial charge in [0.25, 0.3) is 0 Å². The number of alkyl halides is 1. The van der Waals surface area contributed by atoms with Gasteiger partial charge >= 0.3 is 0 Å². The lowest BCUT2D eigenvalue weighted by Crippen LogP contribution is -2.04. The van der Waals surface area contributed by atoms with Crippen LogP contribution in [0.2, 0.25) is 0 Å². The lowest BCUT2D eigenvalue weighted by molar-refractivity contribution is 0.443.